The van der Waals surface area contributed by atoms with Crippen LogP contribution in [0.25, 0.3) is 0 Å². The number of hydrogen-bond acceptors (Lipinski definition) is 4. The van der Waals surface area contributed by atoms with E-state index in [1.54, 1.807) is 19.1 Å². The van der Waals surface area contributed by atoms with E-state index in [1.807, 2.05) is 12.1 Å². The first-order valence-electron chi connectivity index (χ1n) is 6.22. The topological polar surface area (TPSA) is 62.5 Å². The molecule has 5 heteroatoms. The molecule has 0 bridgehead atoms. The van der Waals surface area contributed by atoms with Crippen LogP contribution in [0.1, 0.15) is 32.5 Å². The minimum Gasteiger partial charge on any atom is -0.456 e. The first kappa shape index (κ1) is 14.4. The number of amides is 1. The standard InChI is InChI=1S/C15H15NO3S/c1-11-5-8-14(19-11)15(18)16-10-13-7-6-12(20-13)4-2-3-9-17/h5-8,17H,3,9-10H2,1H3,(H,16,18). The Hall–Kier alpha value is -2.03. The van der Waals surface area contributed by atoms with Crippen molar-refractivity contribution in [1.29, 1.82) is 0 Å². The second kappa shape index (κ2) is 6.94. The Labute approximate surface area is 121 Å². The summed E-state index contributed by atoms with van der Waals surface area (Å²) in [6.07, 6.45) is 0.474. The Morgan fingerprint density at radius 1 is 1.40 bits per heavy atom. The fourth-order valence-electron chi connectivity index (χ4n) is 1.56. The molecule has 2 rings (SSSR count). The van der Waals surface area contributed by atoms with Gasteiger partial charge in [0.15, 0.2) is 5.76 Å². The molecule has 2 aromatic rings. The summed E-state index contributed by atoms with van der Waals surface area (Å²) in [5, 5.41) is 11.4. The SMILES string of the molecule is Cc1ccc(C(=O)NCc2ccc(C#CCCO)s2)o1. The molecule has 0 aliphatic heterocycles. The summed E-state index contributed by atoms with van der Waals surface area (Å²) in [6, 6.07) is 7.26. The van der Waals surface area contributed by atoms with Gasteiger partial charge in [-0.2, -0.15) is 0 Å². The Morgan fingerprint density at radius 3 is 2.95 bits per heavy atom. The first-order valence-corrected chi connectivity index (χ1v) is 7.04. The van der Waals surface area contributed by atoms with Gasteiger partial charge in [-0.15, -0.1) is 11.3 Å². The van der Waals surface area contributed by atoms with Gasteiger partial charge in [-0.25, -0.2) is 0 Å². The Morgan fingerprint density at radius 2 is 2.25 bits per heavy atom. The van der Waals surface area contributed by atoms with Crippen molar-refractivity contribution in [2.24, 2.45) is 0 Å². The van der Waals surface area contributed by atoms with Crippen LogP contribution < -0.4 is 5.32 Å². The number of carbonyl (C=O) groups excluding carboxylic acids is 1. The second-order valence-electron chi connectivity index (χ2n) is 4.13. The summed E-state index contributed by atoms with van der Waals surface area (Å²) in [4.78, 5) is 13.7. The lowest BCUT2D eigenvalue weighted by molar-refractivity contribution is 0.0922. The molecule has 0 fully saturated rings. The predicted molar refractivity (Wildman–Crippen MR) is 77.5 cm³/mol. The van der Waals surface area contributed by atoms with Crippen LogP contribution in [-0.4, -0.2) is 17.6 Å². The van der Waals surface area contributed by atoms with Gasteiger partial charge in [0.1, 0.15) is 5.76 Å². The van der Waals surface area contributed by atoms with Crippen LogP contribution in [0.2, 0.25) is 0 Å². The van der Waals surface area contributed by atoms with Crippen LogP contribution >= 0.6 is 11.3 Å². The monoisotopic (exact) mass is 289 g/mol. The molecule has 0 aliphatic carbocycles. The number of nitrogens with one attached hydrogen (secondary N) is 1. The molecule has 0 saturated heterocycles. The number of carbonyl (C=O) groups is 1. The molecular weight excluding hydrogens is 274 g/mol. The molecule has 4 nitrogen and oxygen atoms in total. The highest BCUT2D eigenvalue weighted by Crippen LogP contribution is 2.15. The van der Waals surface area contributed by atoms with Gasteiger partial charge < -0.3 is 14.8 Å². The van der Waals surface area contributed by atoms with E-state index < -0.39 is 0 Å². The van der Waals surface area contributed by atoms with Gasteiger partial charge in [0.2, 0.25) is 0 Å². The molecule has 20 heavy (non-hydrogen) atoms. The van der Waals surface area contributed by atoms with Crippen molar-refractivity contribution in [3.05, 3.63) is 45.5 Å². The van der Waals surface area contributed by atoms with E-state index in [-0.39, 0.29) is 12.5 Å². The van der Waals surface area contributed by atoms with Crippen LogP contribution in [0, 0.1) is 18.8 Å². The van der Waals surface area contributed by atoms with Crippen molar-refractivity contribution in [3.63, 3.8) is 0 Å². The molecule has 104 valence electrons. The summed E-state index contributed by atoms with van der Waals surface area (Å²) in [6.45, 7) is 2.32. The second-order valence-corrected chi connectivity index (χ2v) is 5.30. The van der Waals surface area contributed by atoms with Crippen LogP contribution in [-0.2, 0) is 6.54 Å². The molecule has 0 spiro atoms. The number of furan rings is 1. The van der Waals surface area contributed by atoms with E-state index >= 15 is 0 Å². The van der Waals surface area contributed by atoms with Crippen molar-refractivity contribution in [2.75, 3.05) is 6.61 Å². The van der Waals surface area contributed by atoms with E-state index in [0.29, 0.717) is 24.5 Å². The fourth-order valence-corrected chi connectivity index (χ4v) is 2.38. The number of aliphatic hydroxyl groups is 1. The third-order valence-electron chi connectivity index (χ3n) is 2.50. The van der Waals surface area contributed by atoms with Crippen molar-refractivity contribution in [2.45, 2.75) is 19.9 Å². The highest BCUT2D eigenvalue weighted by atomic mass is 32.1. The highest BCUT2D eigenvalue weighted by Gasteiger charge is 2.09. The van der Waals surface area contributed by atoms with Crippen LogP contribution in [0.5, 0.6) is 0 Å². The Balaban J connectivity index is 1.88. The van der Waals surface area contributed by atoms with E-state index in [1.165, 1.54) is 11.3 Å². The summed E-state index contributed by atoms with van der Waals surface area (Å²) >= 11 is 1.53. The molecule has 0 unspecified atom stereocenters. The molecule has 0 atom stereocenters. The average Bonchev–Trinajstić information content (AvgIpc) is 3.05. The smallest absolute Gasteiger partial charge is 0.287 e. The molecule has 0 aromatic carbocycles. The van der Waals surface area contributed by atoms with Gasteiger partial charge in [0.05, 0.1) is 18.0 Å². The zero-order valence-electron chi connectivity index (χ0n) is 11.1. The molecule has 1 amide bonds. The summed E-state index contributed by atoms with van der Waals surface area (Å²) in [7, 11) is 0. The minimum absolute atomic E-state index is 0.0733. The predicted octanol–water partition coefficient (Wildman–Crippen LogP) is 2.31. The lowest BCUT2D eigenvalue weighted by Crippen LogP contribution is -2.21. The van der Waals surface area contributed by atoms with Gasteiger partial charge >= 0.3 is 0 Å². The van der Waals surface area contributed by atoms with Gasteiger partial charge in [0.25, 0.3) is 5.91 Å². The van der Waals surface area contributed by atoms with Crippen LogP contribution in [0.4, 0.5) is 0 Å². The normalized spacial score (nSPS) is 9.90. The summed E-state index contributed by atoms with van der Waals surface area (Å²) in [5.41, 5.74) is 0. The van der Waals surface area contributed by atoms with Gasteiger partial charge in [0, 0.05) is 11.3 Å². The maximum absolute atomic E-state index is 11.8. The number of thiophene rings is 1. The Bertz CT molecular complexity index is 645. The van der Waals surface area contributed by atoms with Gasteiger partial charge in [-0.05, 0) is 31.2 Å². The molecule has 2 N–H and O–H groups in total. The number of rotatable bonds is 4. The van der Waals surface area contributed by atoms with Crippen molar-refractivity contribution < 1.29 is 14.3 Å². The maximum Gasteiger partial charge on any atom is 0.287 e. The number of aryl methyl sites for hydroxylation is 1. The zero-order chi connectivity index (χ0) is 14.4. The van der Waals surface area contributed by atoms with E-state index in [0.717, 1.165) is 9.75 Å². The third-order valence-corrected chi connectivity index (χ3v) is 3.50. The largest absolute Gasteiger partial charge is 0.456 e. The van der Waals surface area contributed by atoms with Crippen molar-refractivity contribution >= 4 is 17.2 Å². The first-order chi connectivity index (χ1) is 9.69. The molecule has 0 saturated carbocycles. The molecule has 2 aromatic heterocycles. The van der Waals surface area contributed by atoms with E-state index in [2.05, 4.69) is 17.2 Å². The fraction of sp³-hybridized carbons (Fsp3) is 0.267. The lowest BCUT2D eigenvalue weighted by Gasteiger charge is -2.00. The van der Waals surface area contributed by atoms with Gasteiger partial charge in [-0.3, -0.25) is 4.79 Å². The zero-order valence-corrected chi connectivity index (χ0v) is 11.9. The molecule has 2 heterocycles. The average molecular weight is 289 g/mol. The molecule has 0 aliphatic rings. The molecule has 0 radical (unpaired) electrons. The highest BCUT2D eigenvalue weighted by molar-refractivity contribution is 7.12. The lowest BCUT2D eigenvalue weighted by atomic mass is 10.3. The van der Waals surface area contributed by atoms with Crippen molar-refractivity contribution in [1.82, 2.24) is 5.32 Å². The quantitative estimate of drug-likeness (QED) is 0.849. The molecular formula is C15H15NO3S. The van der Waals surface area contributed by atoms with E-state index in [9.17, 15) is 4.79 Å². The maximum atomic E-state index is 11.8. The third kappa shape index (κ3) is 3.98. The van der Waals surface area contributed by atoms with E-state index in [4.69, 9.17) is 9.52 Å². The summed E-state index contributed by atoms with van der Waals surface area (Å²) < 4.78 is 5.25. The summed E-state index contributed by atoms with van der Waals surface area (Å²) in [5.74, 6) is 6.65. The van der Waals surface area contributed by atoms with Crippen LogP contribution in [0.15, 0.2) is 28.7 Å². The minimum atomic E-state index is -0.223. The Kier molecular flexibility index (Phi) is 4.99. The van der Waals surface area contributed by atoms with Crippen LogP contribution in [0.3, 0.4) is 0 Å². The van der Waals surface area contributed by atoms with Crippen molar-refractivity contribution in [3.8, 4) is 11.8 Å². The number of aliphatic hydroxyl groups excluding tert-OH is 1. The van der Waals surface area contributed by atoms with Gasteiger partial charge in [-0.1, -0.05) is 11.8 Å². The number of hydrogen-bond donors (Lipinski definition) is 2.